The molecule has 0 amide bonds. The second-order valence-electron chi connectivity index (χ2n) is 4.30. The quantitative estimate of drug-likeness (QED) is 0.927. The molecule has 0 bridgehead atoms. The lowest BCUT2D eigenvalue weighted by Gasteiger charge is -2.36. The number of rotatable bonds is 3. The van der Waals surface area contributed by atoms with Gasteiger partial charge in [0.15, 0.2) is 0 Å². The fourth-order valence-electron chi connectivity index (χ4n) is 1.31. The number of nitriles is 1. The Labute approximate surface area is 104 Å². The molecule has 0 saturated carbocycles. The Hall–Kier alpha value is -1.05. The van der Waals surface area contributed by atoms with Gasteiger partial charge in [-0.25, -0.2) is 0 Å². The van der Waals surface area contributed by atoms with Crippen LogP contribution in [0.25, 0.3) is 0 Å². The maximum Gasteiger partial charge on any atom is 0.101 e. The molecule has 0 heterocycles. The van der Waals surface area contributed by atoms with Crippen LogP contribution in [-0.4, -0.2) is 24.3 Å². The van der Waals surface area contributed by atoms with Crippen molar-refractivity contribution in [3.05, 3.63) is 28.2 Å². The molecule has 1 aromatic rings. The highest BCUT2D eigenvalue weighted by molar-refractivity contribution is 9.10. The Bertz CT molecular complexity index is 424. The van der Waals surface area contributed by atoms with E-state index in [2.05, 4.69) is 22.0 Å². The summed E-state index contributed by atoms with van der Waals surface area (Å²) >= 11 is 3.38. The third-order valence-electron chi connectivity index (χ3n) is 2.74. The summed E-state index contributed by atoms with van der Waals surface area (Å²) in [5, 5.41) is 18.4. The summed E-state index contributed by atoms with van der Waals surface area (Å²) in [7, 11) is 1.87. The zero-order chi connectivity index (χ0) is 12.3. The van der Waals surface area contributed by atoms with Crippen LogP contribution < -0.4 is 4.90 Å². The molecule has 4 heteroatoms. The Balaban J connectivity index is 3.22. The van der Waals surface area contributed by atoms with E-state index in [1.807, 2.05) is 37.9 Å². The van der Waals surface area contributed by atoms with Gasteiger partial charge in [0.25, 0.3) is 0 Å². The molecule has 0 aliphatic heterocycles. The minimum absolute atomic E-state index is 0.0287. The van der Waals surface area contributed by atoms with Crippen LogP contribution in [0.15, 0.2) is 22.7 Å². The van der Waals surface area contributed by atoms with Gasteiger partial charge in [0.05, 0.1) is 23.4 Å². The van der Waals surface area contributed by atoms with Crippen molar-refractivity contribution in [3.8, 4) is 6.07 Å². The van der Waals surface area contributed by atoms with Gasteiger partial charge >= 0.3 is 0 Å². The fourth-order valence-corrected chi connectivity index (χ4v) is 1.66. The average molecular weight is 283 g/mol. The predicted octanol–water partition coefficient (Wildman–Crippen LogP) is 2.53. The first-order valence-corrected chi connectivity index (χ1v) is 5.76. The number of anilines is 1. The minimum atomic E-state index is -0.396. The van der Waals surface area contributed by atoms with E-state index in [-0.39, 0.29) is 6.61 Å². The van der Waals surface area contributed by atoms with Crippen molar-refractivity contribution < 1.29 is 5.11 Å². The molecule has 0 aromatic heterocycles. The molecule has 0 fully saturated rings. The van der Waals surface area contributed by atoms with Gasteiger partial charge in [-0.05, 0) is 32.0 Å². The highest BCUT2D eigenvalue weighted by Crippen LogP contribution is 2.28. The number of aliphatic hydroxyl groups is 1. The smallest absolute Gasteiger partial charge is 0.101 e. The molecule has 0 unspecified atom stereocenters. The lowest BCUT2D eigenvalue weighted by Crippen LogP contribution is -2.44. The van der Waals surface area contributed by atoms with E-state index >= 15 is 0 Å². The monoisotopic (exact) mass is 282 g/mol. The van der Waals surface area contributed by atoms with E-state index in [0.717, 1.165) is 10.2 Å². The summed E-state index contributed by atoms with van der Waals surface area (Å²) in [6, 6.07) is 7.64. The zero-order valence-electron chi connectivity index (χ0n) is 9.66. The molecule has 3 nitrogen and oxygen atoms in total. The number of benzene rings is 1. The van der Waals surface area contributed by atoms with E-state index in [9.17, 15) is 5.11 Å². The van der Waals surface area contributed by atoms with Gasteiger partial charge in [-0.2, -0.15) is 5.26 Å². The summed E-state index contributed by atoms with van der Waals surface area (Å²) in [5.74, 6) is 0. The molecule has 1 N–H and O–H groups in total. The van der Waals surface area contributed by atoms with Crippen molar-refractivity contribution in [1.29, 1.82) is 5.26 Å². The van der Waals surface area contributed by atoms with E-state index < -0.39 is 5.54 Å². The number of hydrogen-bond acceptors (Lipinski definition) is 3. The molecular weight excluding hydrogens is 268 g/mol. The maximum atomic E-state index is 9.32. The summed E-state index contributed by atoms with van der Waals surface area (Å²) in [6.45, 7) is 3.88. The van der Waals surface area contributed by atoms with Crippen LogP contribution in [0.4, 0.5) is 5.69 Å². The first-order valence-electron chi connectivity index (χ1n) is 4.96. The van der Waals surface area contributed by atoms with Crippen molar-refractivity contribution in [2.75, 3.05) is 18.6 Å². The third-order valence-corrected chi connectivity index (χ3v) is 3.23. The summed E-state index contributed by atoms with van der Waals surface area (Å²) in [6.07, 6.45) is 0. The molecule has 16 heavy (non-hydrogen) atoms. The number of hydrogen-bond donors (Lipinski definition) is 1. The van der Waals surface area contributed by atoms with Crippen LogP contribution in [0, 0.1) is 11.3 Å². The number of nitrogens with zero attached hydrogens (tertiary/aromatic N) is 2. The Kier molecular flexibility index (Phi) is 3.95. The van der Waals surface area contributed by atoms with E-state index in [1.165, 1.54) is 0 Å². The molecule has 0 atom stereocenters. The van der Waals surface area contributed by atoms with Gasteiger partial charge in [0, 0.05) is 11.5 Å². The van der Waals surface area contributed by atoms with Crippen LogP contribution in [-0.2, 0) is 0 Å². The second-order valence-corrected chi connectivity index (χ2v) is 5.22. The molecule has 0 radical (unpaired) electrons. The Morgan fingerprint density at radius 1 is 1.50 bits per heavy atom. The van der Waals surface area contributed by atoms with Crippen LogP contribution >= 0.6 is 15.9 Å². The van der Waals surface area contributed by atoms with Gasteiger partial charge in [-0.1, -0.05) is 15.9 Å². The lowest BCUT2D eigenvalue weighted by molar-refractivity contribution is 0.216. The molecule has 1 rings (SSSR count). The molecule has 0 spiro atoms. The first-order chi connectivity index (χ1) is 7.42. The van der Waals surface area contributed by atoms with E-state index in [0.29, 0.717) is 5.56 Å². The van der Waals surface area contributed by atoms with Gasteiger partial charge in [-0.3, -0.25) is 0 Å². The van der Waals surface area contributed by atoms with E-state index in [1.54, 1.807) is 6.07 Å². The molecule has 1 aromatic carbocycles. The minimum Gasteiger partial charge on any atom is -0.394 e. The Morgan fingerprint density at radius 3 is 2.62 bits per heavy atom. The highest BCUT2D eigenvalue weighted by atomic mass is 79.9. The molecule has 0 saturated heterocycles. The van der Waals surface area contributed by atoms with Gasteiger partial charge in [-0.15, -0.1) is 0 Å². The van der Waals surface area contributed by atoms with Gasteiger partial charge in [0.2, 0.25) is 0 Å². The largest absolute Gasteiger partial charge is 0.394 e. The van der Waals surface area contributed by atoms with Crippen LogP contribution in [0.5, 0.6) is 0 Å². The SMILES string of the molecule is CN(c1cc(Br)ccc1C#N)C(C)(C)CO. The highest BCUT2D eigenvalue weighted by Gasteiger charge is 2.24. The van der Waals surface area contributed by atoms with Crippen LogP contribution in [0.3, 0.4) is 0 Å². The molecule has 0 aliphatic rings. The first kappa shape index (κ1) is 13.0. The average Bonchev–Trinajstić information content (AvgIpc) is 2.28. The van der Waals surface area contributed by atoms with Crippen molar-refractivity contribution in [2.24, 2.45) is 0 Å². The third kappa shape index (κ3) is 2.55. The standard InChI is InChI=1S/C12H15BrN2O/c1-12(2,8-16)15(3)11-6-10(13)5-4-9(11)7-14/h4-6,16H,8H2,1-3H3. The summed E-state index contributed by atoms with van der Waals surface area (Å²) < 4.78 is 0.919. The molecule has 86 valence electrons. The lowest BCUT2D eigenvalue weighted by atomic mass is 10.0. The van der Waals surface area contributed by atoms with Crippen LogP contribution in [0.1, 0.15) is 19.4 Å². The van der Waals surface area contributed by atoms with Gasteiger partial charge < -0.3 is 10.0 Å². The van der Waals surface area contributed by atoms with Gasteiger partial charge in [0.1, 0.15) is 6.07 Å². The second kappa shape index (κ2) is 4.86. The number of likely N-dealkylation sites (N-methyl/N-ethyl adjacent to an activating group) is 1. The maximum absolute atomic E-state index is 9.32. The number of halogens is 1. The molecular formula is C12H15BrN2O. The summed E-state index contributed by atoms with van der Waals surface area (Å²) in [5.41, 5.74) is 1.02. The number of aliphatic hydroxyl groups excluding tert-OH is 1. The van der Waals surface area contributed by atoms with Crippen molar-refractivity contribution >= 4 is 21.6 Å². The zero-order valence-corrected chi connectivity index (χ0v) is 11.2. The summed E-state index contributed by atoms with van der Waals surface area (Å²) in [4.78, 5) is 1.91. The fraction of sp³-hybridized carbons (Fsp3) is 0.417. The van der Waals surface area contributed by atoms with Crippen molar-refractivity contribution in [2.45, 2.75) is 19.4 Å². The molecule has 0 aliphatic carbocycles. The predicted molar refractivity (Wildman–Crippen MR) is 68.4 cm³/mol. The van der Waals surface area contributed by atoms with Crippen molar-refractivity contribution in [3.63, 3.8) is 0 Å². The van der Waals surface area contributed by atoms with E-state index in [4.69, 9.17) is 5.26 Å². The van der Waals surface area contributed by atoms with Crippen LogP contribution in [0.2, 0.25) is 0 Å². The topological polar surface area (TPSA) is 47.3 Å². The van der Waals surface area contributed by atoms with Crippen molar-refractivity contribution in [1.82, 2.24) is 0 Å². The Morgan fingerprint density at radius 2 is 2.12 bits per heavy atom. The normalized spacial score (nSPS) is 11.0.